The van der Waals surface area contributed by atoms with E-state index in [0.29, 0.717) is 21.2 Å². The summed E-state index contributed by atoms with van der Waals surface area (Å²) in [7, 11) is 1.71. The molecule has 0 fully saturated rings. The lowest BCUT2D eigenvalue weighted by Crippen LogP contribution is -2.05. The molecule has 0 aliphatic heterocycles. The molecule has 8 heteroatoms. The number of halogens is 1. The maximum absolute atomic E-state index is 11.1. The molecule has 0 atom stereocenters. The molecule has 2 N–H and O–H groups in total. The molecular weight excluding hydrogens is 262 g/mol. The summed E-state index contributed by atoms with van der Waals surface area (Å²) in [5.41, 5.74) is -0.221. The zero-order valence-corrected chi connectivity index (χ0v) is 10.3. The van der Waals surface area contributed by atoms with Crippen LogP contribution in [0.25, 0.3) is 0 Å². The summed E-state index contributed by atoms with van der Waals surface area (Å²) >= 11 is 7.12. The molecule has 2 aromatic rings. The lowest BCUT2D eigenvalue weighted by molar-refractivity contribution is 0.929. The van der Waals surface area contributed by atoms with E-state index in [1.165, 1.54) is 30.2 Å². The van der Waals surface area contributed by atoms with E-state index in [4.69, 9.17) is 11.6 Å². The molecule has 17 heavy (non-hydrogen) atoms. The van der Waals surface area contributed by atoms with Gasteiger partial charge in [-0.05, 0) is 11.8 Å². The first-order valence-corrected chi connectivity index (χ1v) is 5.82. The van der Waals surface area contributed by atoms with Crippen molar-refractivity contribution >= 4 is 29.3 Å². The summed E-state index contributed by atoms with van der Waals surface area (Å²) in [4.78, 5) is 25.8. The number of H-pyrrole nitrogens is 1. The second-order valence-corrected chi connectivity index (χ2v) is 4.32. The Bertz CT molecular complexity index is 588. The highest BCUT2D eigenvalue weighted by atomic mass is 35.5. The smallest absolute Gasteiger partial charge is 0.251 e. The molecule has 0 saturated heterocycles. The van der Waals surface area contributed by atoms with Crippen molar-refractivity contribution in [2.45, 2.75) is 10.2 Å². The number of nitrogens with zero attached hydrogens (tertiary/aromatic N) is 3. The Hall–Kier alpha value is -1.60. The first kappa shape index (κ1) is 11.9. The number of hydrogen-bond acceptors (Lipinski definition) is 6. The van der Waals surface area contributed by atoms with Gasteiger partial charge in [0.05, 0.1) is 11.2 Å². The first-order chi connectivity index (χ1) is 8.19. The average molecular weight is 270 g/mol. The maximum Gasteiger partial charge on any atom is 0.251 e. The highest BCUT2D eigenvalue weighted by molar-refractivity contribution is 7.99. The Morgan fingerprint density at radius 1 is 1.47 bits per heavy atom. The van der Waals surface area contributed by atoms with Crippen LogP contribution in [0, 0.1) is 0 Å². The van der Waals surface area contributed by atoms with Crippen LogP contribution in [-0.4, -0.2) is 27.0 Å². The Kier molecular flexibility index (Phi) is 3.60. The van der Waals surface area contributed by atoms with E-state index in [1.807, 2.05) is 0 Å². The fourth-order valence-electron chi connectivity index (χ4n) is 1.04. The second kappa shape index (κ2) is 5.15. The van der Waals surface area contributed by atoms with Crippen LogP contribution in [0.3, 0.4) is 0 Å². The number of aromatic amines is 1. The zero-order chi connectivity index (χ0) is 12.3. The van der Waals surface area contributed by atoms with Crippen LogP contribution in [0.1, 0.15) is 0 Å². The maximum atomic E-state index is 11.1. The lowest BCUT2D eigenvalue weighted by atomic mass is 10.6. The van der Waals surface area contributed by atoms with Crippen LogP contribution in [0.5, 0.6) is 0 Å². The monoisotopic (exact) mass is 269 g/mol. The van der Waals surface area contributed by atoms with Crippen molar-refractivity contribution in [3.8, 4) is 0 Å². The molecule has 2 aromatic heterocycles. The number of hydrogen-bond donors (Lipinski definition) is 2. The van der Waals surface area contributed by atoms with Crippen molar-refractivity contribution in [2.75, 3.05) is 12.4 Å². The number of aromatic nitrogens is 4. The number of rotatable bonds is 3. The fourth-order valence-corrected chi connectivity index (χ4v) is 1.98. The van der Waals surface area contributed by atoms with E-state index in [0.717, 1.165) is 0 Å². The molecule has 0 spiro atoms. The summed E-state index contributed by atoms with van der Waals surface area (Å²) in [5, 5.41) is 4.17. The molecule has 0 bridgehead atoms. The SMILES string of the molecule is CNc1ncc(Cl)c(Sc2nccc(=O)[nH]2)n1. The Morgan fingerprint density at radius 2 is 2.29 bits per heavy atom. The molecular formula is C9H8ClN5OS. The van der Waals surface area contributed by atoms with Gasteiger partial charge in [-0.1, -0.05) is 11.6 Å². The fraction of sp³-hybridized carbons (Fsp3) is 0.111. The van der Waals surface area contributed by atoms with Gasteiger partial charge in [-0.15, -0.1) is 0 Å². The van der Waals surface area contributed by atoms with Crippen molar-refractivity contribution in [3.63, 3.8) is 0 Å². The van der Waals surface area contributed by atoms with E-state index >= 15 is 0 Å². The van der Waals surface area contributed by atoms with Crippen molar-refractivity contribution in [1.82, 2.24) is 19.9 Å². The summed E-state index contributed by atoms with van der Waals surface area (Å²) in [6.45, 7) is 0. The van der Waals surface area contributed by atoms with Crippen molar-refractivity contribution < 1.29 is 0 Å². The van der Waals surface area contributed by atoms with Gasteiger partial charge in [-0.2, -0.15) is 0 Å². The molecule has 0 amide bonds. The van der Waals surface area contributed by atoms with E-state index in [1.54, 1.807) is 7.05 Å². The van der Waals surface area contributed by atoms with Crippen LogP contribution in [-0.2, 0) is 0 Å². The second-order valence-electron chi connectivity index (χ2n) is 2.94. The van der Waals surface area contributed by atoms with E-state index in [9.17, 15) is 4.79 Å². The van der Waals surface area contributed by atoms with Gasteiger partial charge in [-0.25, -0.2) is 15.0 Å². The summed E-state index contributed by atoms with van der Waals surface area (Å²) in [6, 6.07) is 1.34. The van der Waals surface area contributed by atoms with Crippen LogP contribution < -0.4 is 10.9 Å². The van der Waals surface area contributed by atoms with Gasteiger partial charge in [0, 0.05) is 19.3 Å². The van der Waals surface area contributed by atoms with Crippen LogP contribution >= 0.6 is 23.4 Å². The van der Waals surface area contributed by atoms with Gasteiger partial charge >= 0.3 is 0 Å². The summed E-state index contributed by atoms with van der Waals surface area (Å²) in [6.07, 6.45) is 2.92. The Labute approximate surface area is 106 Å². The molecule has 0 radical (unpaired) electrons. The minimum atomic E-state index is -0.221. The molecule has 0 unspecified atom stereocenters. The molecule has 2 rings (SSSR count). The molecule has 6 nitrogen and oxygen atoms in total. The van der Waals surface area contributed by atoms with Crippen LogP contribution in [0.2, 0.25) is 5.02 Å². The van der Waals surface area contributed by atoms with Crippen molar-refractivity contribution in [1.29, 1.82) is 0 Å². The van der Waals surface area contributed by atoms with E-state index in [-0.39, 0.29) is 5.56 Å². The lowest BCUT2D eigenvalue weighted by Gasteiger charge is -2.03. The van der Waals surface area contributed by atoms with Gasteiger partial charge in [0.2, 0.25) is 5.95 Å². The van der Waals surface area contributed by atoms with Crippen molar-refractivity contribution in [3.05, 3.63) is 33.8 Å². The number of anilines is 1. The topological polar surface area (TPSA) is 83.6 Å². The zero-order valence-electron chi connectivity index (χ0n) is 8.77. The van der Waals surface area contributed by atoms with Gasteiger partial charge in [0.1, 0.15) is 5.03 Å². The van der Waals surface area contributed by atoms with Gasteiger partial charge in [0.25, 0.3) is 5.56 Å². The minimum Gasteiger partial charge on any atom is -0.357 e. The van der Waals surface area contributed by atoms with Gasteiger partial charge in [0.15, 0.2) is 5.16 Å². The normalized spacial score (nSPS) is 10.2. The van der Waals surface area contributed by atoms with Crippen molar-refractivity contribution in [2.24, 2.45) is 0 Å². The highest BCUT2D eigenvalue weighted by Gasteiger charge is 2.08. The highest BCUT2D eigenvalue weighted by Crippen LogP contribution is 2.28. The minimum absolute atomic E-state index is 0.221. The largest absolute Gasteiger partial charge is 0.357 e. The number of nitrogens with one attached hydrogen (secondary N) is 2. The van der Waals surface area contributed by atoms with Gasteiger partial charge in [-0.3, -0.25) is 4.79 Å². The molecule has 0 aliphatic carbocycles. The predicted molar refractivity (Wildman–Crippen MR) is 65.6 cm³/mol. The molecule has 0 aliphatic rings. The standard InChI is InChI=1S/C9H8ClN5OS/c1-11-8-13-4-5(10)7(15-8)17-9-12-3-2-6(16)14-9/h2-4H,1H3,(H,11,13,15)(H,12,14,16). The van der Waals surface area contributed by atoms with Crippen LogP contribution in [0.4, 0.5) is 5.95 Å². The molecule has 0 saturated carbocycles. The first-order valence-electron chi connectivity index (χ1n) is 4.62. The average Bonchev–Trinajstić information content (AvgIpc) is 2.32. The van der Waals surface area contributed by atoms with E-state index < -0.39 is 0 Å². The third-order valence-electron chi connectivity index (χ3n) is 1.78. The third kappa shape index (κ3) is 2.95. The Balaban J connectivity index is 2.32. The third-order valence-corrected chi connectivity index (χ3v) is 3.07. The van der Waals surface area contributed by atoms with E-state index in [2.05, 4.69) is 25.3 Å². The summed E-state index contributed by atoms with van der Waals surface area (Å²) in [5.74, 6) is 0.454. The quantitative estimate of drug-likeness (QED) is 0.647. The molecule has 2 heterocycles. The molecule has 88 valence electrons. The summed E-state index contributed by atoms with van der Waals surface area (Å²) < 4.78 is 0. The molecule has 0 aromatic carbocycles. The Morgan fingerprint density at radius 3 is 3.00 bits per heavy atom. The van der Waals surface area contributed by atoms with Gasteiger partial charge < -0.3 is 10.3 Å². The van der Waals surface area contributed by atoms with Crippen LogP contribution in [0.15, 0.2) is 33.4 Å². The predicted octanol–water partition coefficient (Wildman–Crippen LogP) is 1.41.